The predicted molar refractivity (Wildman–Crippen MR) is 73.7 cm³/mol. The molecule has 0 spiro atoms. The van der Waals surface area contributed by atoms with Gasteiger partial charge in [-0.05, 0) is 25.7 Å². The normalized spacial score (nSPS) is 19.7. The molecule has 0 radical (unpaired) electrons. The van der Waals surface area contributed by atoms with Gasteiger partial charge in [0, 0.05) is 18.5 Å². The van der Waals surface area contributed by atoms with Crippen molar-refractivity contribution in [2.24, 2.45) is 11.7 Å². The first-order valence-electron chi connectivity index (χ1n) is 7.21. The molecule has 0 aliphatic heterocycles. The number of aliphatic carboxylic acids is 1. The molecule has 0 heterocycles. The first-order chi connectivity index (χ1) is 8.93. The van der Waals surface area contributed by atoms with Crippen molar-refractivity contribution in [3.63, 3.8) is 0 Å². The first kappa shape index (κ1) is 16.0. The zero-order chi connectivity index (χ0) is 14.3. The monoisotopic (exact) mass is 270 g/mol. The Balaban J connectivity index is 2.15. The Kier molecular flexibility index (Phi) is 6.28. The van der Waals surface area contributed by atoms with E-state index in [0.29, 0.717) is 25.8 Å². The second kappa shape index (κ2) is 7.48. The van der Waals surface area contributed by atoms with Crippen molar-refractivity contribution in [3.8, 4) is 0 Å². The van der Waals surface area contributed by atoms with Crippen LogP contribution in [-0.2, 0) is 9.59 Å². The zero-order valence-electron chi connectivity index (χ0n) is 11.8. The smallest absolute Gasteiger partial charge is 0.306 e. The number of hydrogen-bond donors (Lipinski definition) is 3. The molecule has 1 aliphatic rings. The van der Waals surface area contributed by atoms with Crippen LogP contribution in [0, 0.1) is 5.92 Å². The summed E-state index contributed by atoms with van der Waals surface area (Å²) in [6.07, 6.45) is 6.96. The minimum absolute atomic E-state index is 0.00706. The fraction of sp³-hybridized carbons (Fsp3) is 0.857. The molecule has 4 N–H and O–H groups in total. The molecule has 0 aromatic rings. The van der Waals surface area contributed by atoms with E-state index in [9.17, 15) is 9.59 Å². The molecule has 0 bridgehead atoms. The van der Waals surface area contributed by atoms with Crippen LogP contribution in [0.3, 0.4) is 0 Å². The maximum Gasteiger partial charge on any atom is 0.306 e. The number of hydrogen-bond acceptors (Lipinski definition) is 3. The largest absolute Gasteiger partial charge is 0.481 e. The molecule has 1 aliphatic carbocycles. The van der Waals surface area contributed by atoms with Crippen LogP contribution in [0.15, 0.2) is 0 Å². The molecule has 0 aromatic carbocycles. The minimum Gasteiger partial charge on any atom is -0.481 e. The van der Waals surface area contributed by atoms with Crippen LogP contribution in [0.2, 0.25) is 0 Å². The fourth-order valence-corrected chi connectivity index (χ4v) is 2.57. The molecule has 110 valence electrons. The van der Waals surface area contributed by atoms with Crippen molar-refractivity contribution in [1.82, 2.24) is 5.32 Å². The van der Waals surface area contributed by atoms with Crippen molar-refractivity contribution >= 4 is 11.9 Å². The Morgan fingerprint density at radius 1 is 1.32 bits per heavy atom. The van der Waals surface area contributed by atoms with Crippen molar-refractivity contribution in [2.45, 2.75) is 63.8 Å². The standard InChI is InChI=1S/C14H26N2O3/c1-11(13(18)19)6-5-9-16-12(17)10-14(15)7-3-2-4-8-14/h11H,2-10,15H2,1H3,(H,16,17)(H,18,19). The maximum absolute atomic E-state index is 11.8. The molecular weight excluding hydrogens is 244 g/mol. The van der Waals surface area contributed by atoms with Crippen LogP contribution in [0.4, 0.5) is 0 Å². The Hall–Kier alpha value is -1.10. The molecule has 1 atom stereocenters. The lowest BCUT2D eigenvalue weighted by molar-refractivity contribution is -0.141. The minimum atomic E-state index is -0.783. The van der Waals surface area contributed by atoms with E-state index in [1.54, 1.807) is 6.92 Å². The highest BCUT2D eigenvalue weighted by Crippen LogP contribution is 2.28. The average Bonchev–Trinajstić information content (AvgIpc) is 2.34. The summed E-state index contributed by atoms with van der Waals surface area (Å²) in [6.45, 7) is 2.22. The molecule has 1 rings (SSSR count). The quantitative estimate of drug-likeness (QED) is 0.613. The number of carboxylic acid groups (broad SMARTS) is 1. The summed E-state index contributed by atoms with van der Waals surface area (Å²) in [6, 6.07) is 0. The van der Waals surface area contributed by atoms with Gasteiger partial charge in [0.2, 0.25) is 5.91 Å². The summed E-state index contributed by atoms with van der Waals surface area (Å²) in [5, 5.41) is 11.6. The lowest BCUT2D eigenvalue weighted by Gasteiger charge is -2.32. The van der Waals surface area contributed by atoms with Gasteiger partial charge in [0.15, 0.2) is 0 Å². The number of nitrogens with two attached hydrogens (primary N) is 1. The van der Waals surface area contributed by atoms with E-state index in [0.717, 1.165) is 25.7 Å². The summed E-state index contributed by atoms with van der Waals surface area (Å²) in [5.74, 6) is -1.14. The molecule has 1 fully saturated rings. The summed E-state index contributed by atoms with van der Waals surface area (Å²) in [5.41, 5.74) is 5.89. The summed E-state index contributed by atoms with van der Waals surface area (Å²) in [7, 11) is 0. The van der Waals surface area contributed by atoms with Crippen LogP contribution < -0.4 is 11.1 Å². The fourth-order valence-electron chi connectivity index (χ4n) is 2.57. The first-order valence-corrected chi connectivity index (χ1v) is 7.21. The predicted octanol–water partition coefficient (Wildman–Crippen LogP) is 1.66. The third kappa shape index (κ3) is 6.05. The Morgan fingerprint density at radius 2 is 1.95 bits per heavy atom. The second-order valence-corrected chi connectivity index (χ2v) is 5.83. The molecule has 5 heteroatoms. The van der Waals surface area contributed by atoms with Crippen molar-refractivity contribution in [2.75, 3.05) is 6.54 Å². The van der Waals surface area contributed by atoms with Crippen LogP contribution in [0.5, 0.6) is 0 Å². The number of rotatable bonds is 7. The highest BCUT2D eigenvalue weighted by molar-refractivity contribution is 5.77. The number of carbonyl (C=O) groups excluding carboxylic acids is 1. The summed E-state index contributed by atoms with van der Waals surface area (Å²) < 4.78 is 0. The van der Waals surface area contributed by atoms with Crippen LogP contribution in [0.25, 0.3) is 0 Å². The average molecular weight is 270 g/mol. The Morgan fingerprint density at radius 3 is 2.53 bits per heavy atom. The summed E-state index contributed by atoms with van der Waals surface area (Å²) in [4.78, 5) is 22.4. The Bertz CT molecular complexity index is 312. The van der Waals surface area contributed by atoms with Crippen molar-refractivity contribution in [1.29, 1.82) is 0 Å². The van der Waals surface area contributed by atoms with Gasteiger partial charge in [-0.15, -0.1) is 0 Å². The highest BCUT2D eigenvalue weighted by atomic mass is 16.4. The van der Waals surface area contributed by atoms with Gasteiger partial charge in [0.05, 0.1) is 5.92 Å². The zero-order valence-corrected chi connectivity index (χ0v) is 11.8. The van der Waals surface area contributed by atoms with Gasteiger partial charge in [-0.1, -0.05) is 26.2 Å². The second-order valence-electron chi connectivity index (χ2n) is 5.83. The molecule has 1 unspecified atom stereocenters. The topological polar surface area (TPSA) is 92.4 Å². The number of amides is 1. The third-order valence-electron chi connectivity index (χ3n) is 3.92. The van der Waals surface area contributed by atoms with Crippen molar-refractivity contribution in [3.05, 3.63) is 0 Å². The molecular formula is C14H26N2O3. The molecule has 1 saturated carbocycles. The van der Waals surface area contributed by atoms with E-state index < -0.39 is 5.97 Å². The van der Waals surface area contributed by atoms with E-state index in [1.807, 2.05) is 0 Å². The van der Waals surface area contributed by atoms with Gasteiger partial charge in [-0.2, -0.15) is 0 Å². The Labute approximate surface area is 114 Å². The molecule has 1 amide bonds. The van der Waals surface area contributed by atoms with E-state index in [1.165, 1.54) is 6.42 Å². The lowest BCUT2D eigenvalue weighted by Crippen LogP contribution is -2.46. The van der Waals surface area contributed by atoms with Gasteiger partial charge >= 0.3 is 5.97 Å². The number of carbonyl (C=O) groups is 2. The lowest BCUT2D eigenvalue weighted by atomic mass is 9.80. The number of carboxylic acids is 1. The van der Waals surface area contributed by atoms with Gasteiger partial charge in [-0.25, -0.2) is 0 Å². The number of nitrogens with one attached hydrogen (secondary N) is 1. The molecule has 0 aromatic heterocycles. The van der Waals surface area contributed by atoms with Gasteiger partial charge < -0.3 is 16.2 Å². The van der Waals surface area contributed by atoms with Gasteiger partial charge in [-0.3, -0.25) is 9.59 Å². The molecule has 0 saturated heterocycles. The van der Waals surface area contributed by atoms with Gasteiger partial charge in [0.1, 0.15) is 0 Å². The van der Waals surface area contributed by atoms with Crippen LogP contribution >= 0.6 is 0 Å². The van der Waals surface area contributed by atoms with Crippen LogP contribution in [-0.4, -0.2) is 29.1 Å². The van der Waals surface area contributed by atoms with Gasteiger partial charge in [0.25, 0.3) is 0 Å². The van der Waals surface area contributed by atoms with Crippen molar-refractivity contribution < 1.29 is 14.7 Å². The highest BCUT2D eigenvalue weighted by Gasteiger charge is 2.29. The molecule has 5 nitrogen and oxygen atoms in total. The molecule has 19 heavy (non-hydrogen) atoms. The SMILES string of the molecule is CC(CCCNC(=O)CC1(N)CCCCC1)C(=O)O. The van der Waals surface area contributed by atoms with E-state index in [-0.39, 0.29) is 17.4 Å². The van der Waals surface area contributed by atoms with E-state index in [4.69, 9.17) is 10.8 Å². The summed E-state index contributed by atoms with van der Waals surface area (Å²) >= 11 is 0. The third-order valence-corrected chi connectivity index (χ3v) is 3.92. The van der Waals surface area contributed by atoms with E-state index >= 15 is 0 Å². The van der Waals surface area contributed by atoms with Crippen LogP contribution in [0.1, 0.15) is 58.3 Å². The maximum atomic E-state index is 11.8. The van der Waals surface area contributed by atoms with E-state index in [2.05, 4.69) is 5.32 Å².